The Labute approximate surface area is 171 Å². The van der Waals surface area contributed by atoms with Crippen molar-refractivity contribution in [2.24, 2.45) is 0 Å². The Morgan fingerprint density at radius 1 is 1.17 bits per heavy atom. The molecule has 2 aromatic carbocycles. The van der Waals surface area contributed by atoms with Crippen molar-refractivity contribution >= 4 is 28.4 Å². The van der Waals surface area contributed by atoms with Crippen LogP contribution in [0.4, 0.5) is 4.39 Å². The van der Waals surface area contributed by atoms with Crippen molar-refractivity contribution in [3.63, 3.8) is 0 Å². The van der Waals surface area contributed by atoms with E-state index in [1.54, 1.807) is 0 Å². The van der Waals surface area contributed by atoms with Crippen molar-refractivity contribution in [3.05, 3.63) is 66.1 Å². The van der Waals surface area contributed by atoms with E-state index in [0.29, 0.717) is 11.6 Å². The zero-order valence-electron chi connectivity index (χ0n) is 15.8. The summed E-state index contributed by atoms with van der Waals surface area (Å²) < 4.78 is 15.3. The van der Waals surface area contributed by atoms with Gasteiger partial charge in [-0.1, -0.05) is 30.0 Å². The monoisotopic (exact) mass is 406 g/mol. The molecular weight excluding hydrogens is 387 g/mol. The topological polar surface area (TPSA) is 63.6 Å². The van der Waals surface area contributed by atoms with Gasteiger partial charge in [0.2, 0.25) is 0 Å². The molecule has 5 nitrogen and oxygen atoms in total. The smallest absolute Gasteiger partial charge is 0.192 e. The van der Waals surface area contributed by atoms with Crippen molar-refractivity contribution in [1.29, 1.82) is 0 Å². The summed E-state index contributed by atoms with van der Waals surface area (Å²) in [7, 11) is 0. The number of carbonyl (C=O) groups excluding carboxylic acids is 1. The van der Waals surface area contributed by atoms with Gasteiger partial charge < -0.3 is 4.98 Å². The van der Waals surface area contributed by atoms with Crippen LogP contribution in [0, 0.1) is 5.82 Å². The summed E-state index contributed by atoms with van der Waals surface area (Å²) in [5.41, 5.74) is 2.58. The minimum absolute atomic E-state index is 0.0472. The molecule has 29 heavy (non-hydrogen) atoms. The Bertz CT molecular complexity index is 1190. The van der Waals surface area contributed by atoms with Gasteiger partial charge in [-0.2, -0.15) is 0 Å². The summed E-state index contributed by atoms with van der Waals surface area (Å²) in [4.78, 5) is 16.1. The van der Waals surface area contributed by atoms with E-state index in [-0.39, 0.29) is 16.9 Å². The Balaban J connectivity index is 1.47. The molecule has 2 heterocycles. The van der Waals surface area contributed by atoms with E-state index < -0.39 is 0 Å². The highest BCUT2D eigenvalue weighted by Gasteiger charge is 2.32. The molecule has 1 aliphatic rings. The third-order valence-corrected chi connectivity index (χ3v) is 6.24. The third-order valence-electron chi connectivity index (χ3n) is 5.19. The summed E-state index contributed by atoms with van der Waals surface area (Å²) >= 11 is 1.41. The molecule has 0 radical (unpaired) electrons. The Morgan fingerprint density at radius 2 is 1.93 bits per heavy atom. The molecule has 7 heteroatoms. The number of ketones is 1. The molecule has 0 spiro atoms. The highest BCUT2D eigenvalue weighted by atomic mass is 32.2. The number of hydrogen-bond donors (Lipinski definition) is 1. The molecule has 0 amide bonds. The van der Waals surface area contributed by atoms with E-state index in [2.05, 4.69) is 25.8 Å². The normalized spacial score (nSPS) is 15.0. The maximum absolute atomic E-state index is 13.2. The van der Waals surface area contributed by atoms with Gasteiger partial charge in [-0.15, -0.1) is 10.2 Å². The van der Waals surface area contributed by atoms with Crippen LogP contribution < -0.4 is 0 Å². The lowest BCUT2D eigenvalue weighted by Crippen LogP contribution is -2.14. The van der Waals surface area contributed by atoms with Crippen LogP contribution in [0.1, 0.15) is 36.2 Å². The number of rotatable bonds is 6. The predicted octanol–water partition coefficient (Wildman–Crippen LogP) is 5.26. The molecule has 1 aliphatic carbocycles. The Morgan fingerprint density at radius 3 is 2.69 bits per heavy atom. The molecule has 0 saturated heterocycles. The lowest BCUT2D eigenvalue weighted by atomic mass is 10.1. The first-order valence-electron chi connectivity index (χ1n) is 9.59. The summed E-state index contributed by atoms with van der Waals surface area (Å²) in [5, 5.41) is 10.4. The molecule has 146 valence electrons. The molecule has 5 rings (SSSR count). The average molecular weight is 406 g/mol. The van der Waals surface area contributed by atoms with Crippen LogP contribution in [0.5, 0.6) is 0 Å². The number of aromatic amines is 1. The van der Waals surface area contributed by atoms with Crippen LogP contribution in [0.2, 0.25) is 0 Å². The molecule has 1 saturated carbocycles. The molecule has 2 aromatic heterocycles. The highest BCUT2D eigenvalue weighted by molar-refractivity contribution is 8.00. The Hall–Kier alpha value is -2.93. The fourth-order valence-electron chi connectivity index (χ4n) is 3.52. The number of carbonyl (C=O) groups is 1. The van der Waals surface area contributed by atoms with Crippen molar-refractivity contribution in [2.75, 3.05) is 0 Å². The van der Waals surface area contributed by atoms with Crippen molar-refractivity contribution < 1.29 is 9.18 Å². The van der Waals surface area contributed by atoms with Gasteiger partial charge in [0.15, 0.2) is 16.8 Å². The first-order chi connectivity index (χ1) is 14.1. The second-order valence-corrected chi connectivity index (χ2v) is 8.59. The summed E-state index contributed by atoms with van der Waals surface area (Å²) in [5.74, 6) is 0.432. The van der Waals surface area contributed by atoms with Crippen LogP contribution in [0.3, 0.4) is 0 Å². The predicted molar refractivity (Wildman–Crippen MR) is 112 cm³/mol. The van der Waals surface area contributed by atoms with Gasteiger partial charge >= 0.3 is 0 Å². The standard InChI is InChI=1S/C22H19FN4OS/c1-13(20(28)14-6-8-15(23)9-7-14)29-22-26-25-21(27(22)16-10-11-16)18-12-24-19-5-3-2-4-17(18)19/h2-9,12-13,16,24H,10-11H2,1H3/t13-/m1/s1. The zero-order chi connectivity index (χ0) is 20.0. The summed E-state index contributed by atoms with van der Waals surface area (Å²) in [6.07, 6.45) is 4.14. The minimum Gasteiger partial charge on any atom is -0.360 e. The van der Waals surface area contributed by atoms with Gasteiger partial charge in [-0.25, -0.2) is 4.39 Å². The van der Waals surface area contributed by atoms with E-state index in [0.717, 1.165) is 40.3 Å². The minimum atomic E-state index is -0.349. The fourth-order valence-corrected chi connectivity index (χ4v) is 4.52. The van der Waals surface area contributed by atoms with Crippen LogP contribution in [-0.4, -0.2) is 30.8 Å². The largest absolute Gasteiger partial charge is 0.360 e. The molecule has 1 atom stereocenters. The number of thioether (sulfide) groups is 1. The Kier molecular flexibility index (Phi) is 4.47. The van der Waals surface area contributed by atoms with Crippen LogP contribution in [0.15, 0.2) is 59.9 Å². The number of hydrogen-bond acceptors (Lipinski definition) is 4. The van der Waals surface area contributed by atoms with Crippen LogP contribution in [0.25, 0.3) is 22.3 Å². The number of aromatic nitrogens is 4. The lowest BCUT2D eigenvalue weighted by Gasteiger charge is -2.12. The number of nitrogens with one attached hydrogen (secondary N) is 1. The number of para-hydroxylation sites is 1. The van der Waals surface area contributed by atoms with Crippen molar-refractivity contribution in [2.45, 2.75) is 36.2 Å². The molecular formula is C22H19FN4OS. The first-order valence-corrected chi connectivity index (χ1v) is 10.5. The maximum Gasteiger partial charge on any atom is 0.192 e. The number of halogens is 1. The quantitative estimate of drug-likeness (QED) is 0.350. The number of fused-ring (bicyclic) bond motifs is 1. The molecule has 1 N–H and O–H groups in total. The number of nitrogens with zero attached hydrogens (tertiary/aromatic N) is 3. The van der Waals surface area contributed by atoms with Crippen molar-refractivity contribution in [3.8, 4) is 11.4 Å². The van der Waals surface area contributed by atoms with Crippen LogP contribution in [-0.2, 0) is 0 Å². The second kappa shape index (κ2) is 7.15. The SMILES string of the molecule is C[C@@H](Sc1nnc(-c2c[nH]c3ccccc23)n1C1CC1)C(=O)c1ccc(F)cc1. The summed E-state index contributed by atoms with van der Waals surface area (Å²) in [6.45, 7) is 1.85. The molecule has 0 unspecified atom stereocenters. The molecule has 0 bridgehead atoms. The lowest BCUT2D eigenvalue weighted by molar-refractivity contribution is 0.0994. The molecule has 4 aromatic rings. The van der Waals surface area contributed by atoms with Gasteiger partial charge in [-0.3, -0.25) is 9.36 Å². The van der Waals surface area contributed by atoms with Crippen molar-refractivity contribution in [1.82, 2.24) is 19.7 Å². The van der Waals surface area contributed by atoms with Gasteiger partial charge in [0.25, 0.3) is 0 Å². The highest BCUT2D eigenvalue weighted by Crippen LogP contribution is 2.43. The number of benzene rings is 2. The van der Waals surface area contributed by atoms with E-state index in [9.17, 15) is 9.18 Å². The maximum atomic E-state index is 13.2. The van der Waals surface area contributed by atoms with Gasteiger partial charge in [0.05, 0.1) is 5.25 Å². The van der Waals surface area contributed by atoms with Gasteiger partial charge in [0.1, 0.15) is 5.82 Å². The van der Waals surface area contributed by atoms with Gasteiger partial charge in [-0.05, 0) is 50.1 Å². The molecule has 1 fully saturated rings. The second-order valence-electron chi connectivity index (χ2n) is 7.29. The number of Topliss-reactive ketones (excluding diaryl/α,β-unsaturated/α-hetero) is 1. The van der Waals surface area contributed by atoms with E-state index in [1.807, 2.05) is 31.3 Å². The van der Waals surface area contributed by atoms with E-state index in [4.69, 9.17) is 0 Å². The van der Waals surface area contributed by atoms with E-state index >= 15 is 0 Å². The summed E-state index contributed by atoms with van der Waals surface area (Å²) in [6, 6.07) is 14.2. The fraction of sp³-hybridized carbons (Fsp3) is 0.227. The average Bonchev–Trinajstić information content (AvgIpc) is 3.35. The first kappa shape index (κ1) is 18.1. The third kappa shape index (κ3) is 3.35. The number of H-pyrrole nitrogens is 1. The van der Waals surface area contributed by atoms with Crippen LogP contribution >= 0.6 is 11.8 Å². The van der Waals surface area contributed by atoms with Gasteiger partial charge in [0, 0.05) is 34.3 Å². The molecule has 0 aliphatic heterocycles. The van der Waals surface area contributed by atoms with E-state index in [1.165, 1.54) is 36.0 Å². The zero-order valence-corrected chi connectivity index (χ0v) is 16.6.